The lowest BCUT2D eigenvalue weighted by molar-refractivity contribution is -0.386. The smallest absolute Gasteiger partial charge is 0.310 e. The van der Waals surface area contributed by atoms with Crippen LogP contribution in [-0.2, 0) is 16.7 Å². The molecule has 0 aromatic carbocycles. The van der Waals surface area contributed by atoms with E-state index >= 15 is 0 Å². The van der Waals surface area contributed by atoms with Gasteiger partial charge in [-0.05, 0) is 12.5 Å². The molecule has 1 rings (SSSR count). The van der Waals surface area contributed by atoms with Crippen LogP contribution in [0.4, 0.5) is 5.69 Å². The third-order valence-electron chi connectivity index (χ3n) is 2.00. The number of hydrogen-bond donors (Lipinski definition) is 1. The Morgan fingerprint density at radius 2 is 2.12 bits per heavy atom. The fourth-order valence-electron chi connectivity index (χ4n) is 1.26. The minimum atomic E-state index is -4.08. The molecule has 0 radical (unpaired) electrons. The molecule has 0 bridgehead atoms. The molecular formula is C8H10N2O6S. The van der Waals surface area contributed by atoms with Crippen molar-refractivity contribution < 1.29 is 17.9 Å². The molecule has 0 aliphatic rings. The second-order valence-corrected chi connectivity index (χ2v) is 4.86. The lowest BCUT2D eigenvalue weighted by atomic mass is 10.4. The van der Waals surface area contributed by atoms with Crippen LogP contribution < -0.4 is 5.56 Å². The molecule has 0 fully saturated rings. The summed E-state index contributed by atoms with van der Waals surface area (Å²) >= 11 is 0. The van der Waals surface area contributed by atoms with Crippen LogP contribution in [0.1, 0.15) is 6.42 Å². The quantitative estimate of drug-likeness (QED) is 0.454. The van der Waals surface area contributed by atoms with Crippen molar-refractivity contribution in [3.63, 3.8) is 0 Å². The van der Waals surface area contributed by atoms with Crippen LogP contribution in [0.3, 0.4) is 0 Å². The van der Waals surface area contributed by atoms with E-state index in [0.717, 1.165) is 10.6 Å². The van der Waals surface area contributed by atoms with Gasteiger partial charge in [0, 0.05) is 18.8 Å². The number of hydrogen-bond acceptors (Lipinski definition) is 5. The zero-order chi connectivity index (χ0) is 13.1. The van der Waals surface area contributed by atoms with Crippen molar-refractivity contribution >= 4 is 15.8 Å². The molecule has 1 aromatic rings. The first-order valence-corrected chi connectivity index (χ1v) is 6.21. The van der Waals surface area contributed by atoms with Crippen LogP contribution in [0.25, 0.3) is 0 Å². The Morgan fingerprint density at radius 1 is 1.47 bits per heavy atom. The molecule has 1 N–H and O–H groups in total. The maximum Gasteiger partial charge on any atom is 0.334 e. The molecule has 0 atom stereocenters. The minimum Gasteiger partial charge on any atom is -0.310 e. The van der Waals surface area contributed by atoms with Crippen molar-refractivity contribution in [2.45, 2.75) is 13.0 Å². The van der Waals surface area contributed by atoms with E-state index in [0.29, 0.717) is 0 Å². The van der Waals surface area contributed by atoms with Gasteiger partial charge in [0.1, 0.15) is 0 Å². The first kappa shape index (κ1) is 13.3. The van der Waals surface area contributed by atoms with E-state index in [1.54, 1.807) is 0 Å². The van der Waals surface area contributed by atoms with Crippen LogP contribution in [0.2, 0.25) is 0 Å². The molecule has 0 unspecified atom stereocenters. The zero-order valence-corrected chi connectivity index (χ0v) is 9.46. The van der Waals surface area contributed by atoms with Gasteiger partial charge in [-0.15, -0.1) is 0 Å². The molecule has 0 amide bonds. The van der Waals surface area contributed by atoms with Gasteiger partial charge in [0.25, 0.3) is 10.1 Å². The molecule has 0 spiro atoms. The summed E-state index contributed by atoms with van der Waals surface area (Å²) in [6, 6.07) is 2.40. The highest BCUT2D eigenvalue weighted by atomic mass is 32.2. The van der Waals surface area contributed by atoms with Crippen LogP contribution >= 0.6 is 0 Å². The zero-order valence-electron chi connectivity index (χ0n) is 8.64. The van der Waals surface area contributed by atoms with Gasteiger partial charge in [-0.2, -0.15) is 8.42 Å². The summed E-state index contributed by atoms with van der Waals surface area (Å²) in [5.74, 6) is -0.498. The molecule has 1 heterocycles. The maximum absolute atomic E-state index is 11.5. The molecule has 94 valence electrons. The molecule has 9 heteroatoms. The van der Waals surface area contributed by atoms with E-state index in [1.165, 1.54) is 12.3 Å². The average molecular weight is 262 g/mol. The normalized spacial score (nSPS) is 11.4. The van der Waals surface area contributed by atoms with E-state index in [2.05, 4.69) is 0 Å². The van der Waals surface area contributed by atoms with Crippen molar-refractivity contribution in [2.75, 3.05) is 5.75 Å². The van der Waals surface area contributed by atoms with Gasteiger partial charge in [0.05, 0.1) is 10.7 Å². The van der Waals surface area contributed by atoms with Crippen molar-refractivity contribution in [1.29, 1.82) is 0 Å². The molecule has 0 saturated carbocycles. The van der Waals surface area contributed by atoms with Gasteiger partial charge < -0.3 is 4.57 Å². The number of aromatic nitrogens is 1. The topological polar surface area (TPSA) is 120 Å². The van der Waals surface area contributed by atoms with Crippen molar-refractivity contribution in [3.8, 4) is 0 Å². The molecule has 0 saturated heterocycles. The Balaban J connectivity index is 2.83. The van der Waals surface area contributed by atoms with E-state index < -0.39 is 32.0 Å². The lowest BCUT2D eigenvalue weighted by Gasteiger charge is -2.03. The summed E-state index contributed by atoms with van der Waals surface area (Å²) in [7, 11) is -4.08. The Hall–Kier alpha value is -1.74. The highest BCUT2D eigenvalue weighted by Gasteiger charge is 2.13. The summed E-state index contributed by atoms with van der Waals surface area (Å²) < 4.78 is 30.4. The number of aryl methyl sites for hydroxylation is 1. The Bertz CT molecular complexity index is 576. The van der Waals surface area contributed by atoms with E-state index in [9.17, 15) is 23.3 Å². The predicted molar refractivity (Wildman–Crippen MR) is 58.4 cm³/mol. The predicted octanol–water partition coefficient (Wildman–Crippen LogP) is 0.0344. The molecule has 17 heavy (non-hydrogen) atoms. The van der Waals surface area contributed by atoms with Crippen molar-refractivity contribution in [1.82, 2.24) is 4.57 Å². The van der Waals surface area contributed by atoms with Crippen molar-refractivity contribution in [2.24, 2.45) is 0 Å². The summed E-state index contributed by atoms with van der Waals surface area (Å²) in [6.45, 7) is -0.0136. The highest BCUT2D eigenvalue weighted by molar-refractivity contribution is 7.85. The van der Waals surface area contributed by atoms with Gasteiger partial charge in [-0.1, -0.05) is 0 Å². The van der Waals surface area contributed by atoms with Gasteiger partial charge in [-0.3, -0.25) is 19.5 Å². The second-order valence-electron chi connectivity index (χ2n) is 3.29. The molecule has 8 nitrogen and oxygen atoms in total. The molecular weight excluding hydrogens is 252 g/mol. The van der Waals surface area contributed by atoms with Crippen LogP contribution in [-0.4, -0.2) is 28.2 Å². The summed E-state index contributed by atoms with van der Waals surface area (Å²) in [6.07, 6.45) is 1.32. The maximum atomic E-state index is 11.5. The van der Waals surface area contributed by atoms with Crippen LogP contribution in [0, 0.1) is 10.1 Å². The second kappa shape index (κ2) is 5.06. The lowest BCUT2D eigenvalue weighted by Crippen LogP contribution is -2.22. The number of nitro groups is 1. The number of pyridine rings is 1. The monoisotopic (exact) mass is 262 g/mol. The minimum absolute atomic E-state index is 0.0000916. The first-order chi connectivity index (χ1) is 7.81. The Morgan fingerprint density at radius 3 is 2.65 bits per heavy atom. The fraction of sp³-hybridized carbons (Fsp3) is 0.375. The number of nitrogens with zero attached hydrogens (tertiary/aromatic N) is 2. The van der Waals surface area contributed by atoms with Crippen LogP contribution in [0.5, 0.6) is 0 Å². The van der Waals surface area contributed by atoms with Gasteiger partial charge >= 0.3 is 11.2 Å². The molecule has 1 aromatic heterocycles. The Labute approximate surface area is 96.4 Å². The van der Waals surface area contributed by atoms with Crippen LogP contribution in [0.15, 0.2) is 23.1 Å². The average Bonchev–Trinajstić information content (AvgIpc) is 2.18. The Kier molecular flexibility index (Phi) is 3.97. The standard InChI is InChI=1S/C8H10N2O6S/c11-8-7(10(12)13)3-1-4-9(8)5-2-6-17(14,15)16/h1,3-4H,2,5-6H2,(H,14,15,16). The first-order valence-electron chi connectivity index (χ1n) is 4.60. The summed E-state index contributed by atoms with van der Waals surface area (Å²) in [5.41, 5.74) is -1.37. The van der Waals surface area contributed by atoms with E-state index in [1.807, 2.05) is 0 Å². The number of rotatable bonds is 5. The SMILES string of the molecule is O=c1c([N+](=O)[O-])cccn1CCCS(=O)(=O)O. The third kappa shape index (κ3) is 3.96. The van der Waals surface area contributed by atoms with Gasteiger partial charge in [0.2, 0.25) is 0 Å². The van der Waals surface area contributed by atoms with E-state index in [-0.39, 0.29) is 13.0 Å². The van der Waals surface area contributed by atoms with Crippen molar-refractivity contribution in [3.05, 3.63) is 38.8 Å². The largest absolute Gasteiger partial charge is 0.334 e. The molecule has 0 aliphatic carbocycles. The third-order valence-corrected chi connectivity index (χ3v) is 2.80. The summed E-state index contributed by atoms with van der Waals surface area (Å²) in [5, 5.41) is 10.5. The molecule has 0 aliphatic heterocycles. The summed E-state index contributed by atoms with van der Waals surface area (Å²) in [4.78, 5) is 21.1. The van der Waals surface area contributed by atoms with E-state index in [4.69, 9.17) is 4.55 Å². The van der Waals surface area contributed by atoms with Gasteiger partial charge in [-0.25, -0.2) is 0 Å². The highest BCUT2D eigenvalue weighted by Crippen LogP contribution is 2.02. The fourth-order valence-corrected chi connectivity index (χ4v) is 1.75. The van der Waals surface area contributed by atoms with Gasteiger partial charge in [0.15, 0.2) is 0 Å².